The molecule has 0 radical (unpaired) electrons. The van der Waals surface area contributed by atoms with Gasteiger partial charge in [-0.15, -0.1) is 11.3 Å². The Balaban J connectivity index is 0.994. The van der Waals surface area contributed by atoms with Gasteiger partial charge in [-0.3, -0.25) is 0 Å². The van der Waals surface area contributed by atoms with Crippen molar-refractivity contribution in [1.29, 1.82) is 0 Å². The zero-order valence-electron chi connectivity index (χ0n) is 34.4. The molecule has 12 rings (SSSR count). The molecule has 9 aromatic carbocycles. The van der Waals surface area contributed by atoms with Crippen LogP contribution in [-0.4, -0.2) is 15.0 Å². The predicted molar refractivity (Wildman–Crippen MR) is 266 cm³/mol. The van der Waals surface area contributed by atoms with Gasteiger partial charge in [0.2, 0.25) is 0 Å². The van der Waals surface area contributed by atoms with Gasteiger partial charge in [-0.25, -0.2) is 15.0 Å². The zero-order valence-corrected chi connectivity index (χ0v) is 35.2. The molecule has 0 N–H and O–H groups in total. The Bertz CT molecular complexity index is 3550. The lowest BCUT2D eigenvalue weighted by atomic mass is 9.92. The van der Waals surface area contributed by atoms with Crippen molar-refractivity contribution in [3.63, 3.8) is 0 Å². The Morgan fingerprint density at radius 1 is 0.333 bits per heavy atom. The van der Waals surface area contributed by atoms with E-state index in [-0.39, 0.29) is 0 Å². The first-order valence-electron chi connectivity index (χ1n) is 21.5. The maximum absolute atomic E-state index is 5.28. The summed E-state index contributed by atoms with van der Waals surface area (Å²) in [4.78, 5) is 15.6. The maximum Gasteiger partial charge on any atom is 0.164 e. The lowest BCUT2D eigenvalue weighted by molar-refractivity contribution is 0.986. The molecule has 0 saturated heterocycles. The first kappa shape index (κ1) is 37.0. The minimum absolute atomic E-state index is 0.628. The molecule has 0 amide bonds. The van der Waals surface area contributed by atoms with Gasteiger partial charge in [0.15, 0.2) is 17.5 Å². The highest BCUT2D eigenvalue weighted by Gasteiger charge is 2.17. The van der Waals surface area contributed by atoms with Crippen LogP contribution in [0.1, 0.15) is 17.5 Å². The summed E-state index contributed by atoms with van der Waals surface area (Å²) >= 11 is 1.81. The molecule has 1 aliphatic carbocycles. The van der Waals surface area contributed by atoms with Gasteiger partial charge in [0, 0.05) is 36.9 Å². The van der Waals surface area contributed by atoms with Gasteiger partial charge < -0.3 is 0 Å². The van der Waals surface area contributed by atoms with E-state index in [4.69, 9.17) is 15.0 Å². The third-order valence-corrected chi connectivity index (χ3v) is 13.5. The molecule has 2 aromatic heterocycles. The van der Waals surface area contributed by atoms with E-state index in [1.54, 1.807) is 0 Å². The van der Waals surface area contributed by atoms with Gasteiger partial charge in [-0.2, -0.15) is 0 Å². The molecule has 0 spiro atoms. The Morgan fingerprint density at radius 2 is 0.873 bits per heavy atom. The molecule has 11 aromatic rings. The van der Waals surface area contributed by atoms with Gasteiger partial charge in [0.25, 0.3) is 0 Å². The molecule has 0 aliphatic heterocycles. The van der Waals surface area contributed by atoms with Crippen molar-refractivity contribution in [2.75, 3.05) is 0 Å². The molecular weight excluding hydrogens is 783 g/mol. The summed E-state index contributed by atoms with van der Waals surface area (Å²) in [5.74, 6) is 1.91. The smallest absolute Gasteiger partial charge is 0.164 e. The van der Waals surface area contributed by atoms with E-state index in [9.17, 15) is 0 Å². The lowest BCUT2D eigenvalue weighted by Gasteiger charge is -2.14. The average Bonchev–Trinajstić information content (AvgIpc) is 3.74. The minimum atomic E-state index is 0.628. The fourth-order valence-electron chi connectivity index (χ4n) is 8.99. The second kappa shape index (κ2) is 15.6. The summed E-state index contributed by atoms with van der Waals surface area (Å²) in [7, 11) is 0. The molecule has 1 aliphatic rings. The van der Waals surface area contributed by atoms with E-state index in [0.717, 1.165) is 51.8 Å². The summed E-state index contributed by atoms with van der Waals surface area (Å²) < 4.78 is 2.52. The van der Waals surface area contributed by atoms with E-state index in [1.165, 1.54) is 64.3 Å². The van der Waals surface area contributed by atoms with Crippen LogP contribution in [0.3, 0.4) is 0 Å². The minimum Gasteiger partial charge on any atom is -0.208 e. The third kappa shape index (κ3) is 7.11. The number of aryl methyl sites for hydroxylation is 1. The number of rotatable bonds is 7. The molecule has 0 unspecified atom stereocenters. The van der Waals surface area contributed by atoms with E-state index >= 15 is 0 Å². The molecule has 2 heterocycles. The van der Waals surface area contributed by atoms with Crippen LogP contribution < -0.4 is 0 Å². The molecule has 0 fully saturated rings. The van der Waals surface area contributed by atoms with Crippen molar-refractivity contribution >= 4 is 48.4 Å². The van der Waals surface area contributed by atoms with Gasteiger partial charge >= 0.3 is 0 Å². The highest BCUT2D eigenvalue weighted by Crippen LogP contribution is 2.38. The second-order valence-corrected chi connectivity index (χ2v) is 17.4. The van der Waals surface area contributed by atoms with Crippen molar-refractivity contribution < 1.29 is 0 Å². The number of benzene rings is 9. The van der Waals surface area contributed by atoms with Crippen LogP contribution in [0.2, 0.25) is 0 Å². The van der Waals surface area contributed by atoms with Crippen LogP contribution in [0.15, 0.2) is 206 Å². The Morgan fingerprint density at radius 3 is 1.62 bits per heavy atom. The van der Waals surface area contributed by atoms with Crippen LogP contribution >= 0.6 is 11.3 Å². The quantitative estimate of drug-likeness (QED) is 0.161. The number of hydrogen-bond acceptors (Lipinski definition) is 4. The Hall–Kier alpha value is -7.79. The maximum atomic E-state index is 5.28. The van der Waals surface area contributed by atoms with Crippen LogP contribution in [0.4, 0.5) is 0 Å². The fourth-order valence-corrected chi connectivity index (χ4v) is 10.1. The van der Waals surface area contributed by atoms with Crippen molar-refractivity contribution in [2.24, 2.45) is 0 Å². The summed E-state index contributed by atoms with van der Waals surface area (Å²) in [6.45, 7) is 0. The first-order valence-corrected chi connectivity index (χ1v) is 22.4. The van der Waals surface area contributed by atoms with E-state index in [2.05, 4.69) is 194 Å². The van der Waals surface area contributed by atoms with Gasteiger partial charge in [0.05, 0.1) is 0 Å². The van der Waals surface area contributed by atoms with Gasteiger partial charge in [-0.05, 0) is 134 Å². The van der Waals surface area contributed by atoms with Crippen molar-refractivity contribution in [3.8, 4) is 78.7 Å². The normalized spacial score (nSPS) is 12.3. The Kier molecular flexibility index (Phi) is 9.16. The summed E-state index contributed by atoms with van der Waals surface area (Å²) in [6.07, 6.45) is 6.75. The van der Waals surface area contributed by atoms with Crippen LogP contribution in [0, 0.1) is 0 Å². The van der Waals surface area contributed by atoms with Crippen LogP contribution in [0.5, 0.6) is 0 Å². The standard InChI is InChI=1S/C59H39N3S/c1-2-12-44(13-3-1)57-60-58(49-30-31-56-54(37-49)53-16-8-9-17-55(53)63-56)62-59(61-57)52-35-50(42-22-18-40(19-23-42)47-28-26-38-10-4-6-14-45(38)32-47)34-51(36-52)43-24-20-41(21-25-43)48-29-27-39-11-5-7-15-46(39)33-48/h1-4,6-10,12-37H,5,11H2. The number of nitrogens with zero attached hydrogens (tertiary/aromatic N) is 3. The predicted octanol–water partition coefficient (Wildman–Crippen LogP) is 16.0. The topological polar surface area (TPSA) is 38.7 Å². The molecule has 0 saturated carbocycles. The summed E-state index contributed by atoms with van der Waals surface area (Å²) in [5, 5.41) is 4.94. The highest BCUT2D eigenvalue weighted by molar-refractivity contribution is 7.25. The SMILES string of the molecule is C1=Cc2cc(-c3ccc(-c4cc(-c5ccc(-c6ccc7ccccc7c6)cc5)cc(-c5nc(-c6ccccc6)nc(-c6ccc7sc8ccccc8c7c6)n5)c4)cc3)ccc2CC1. The number of thiophene rings is 1. The van der Waals surface area contributed by atoms with Crippen molar-refractivity contribution in [1.82, 2.24) is 15.0 Å². The molecular formula is C59H39N3S. The zero-order chi connectivity index (χ0) is 41.7. The molecule has 3 nitrogen and oxygen atoms in total. The number of fused-ring (bicyclic) bond motifs is 5. The molecule has 63 heavy (non-hydrogen) atoms. The van der Waals surface area contributed by atoms with E-state index in [1.807, 2.05) is 29.5 Å². The second-order valence-electron chi connectivity index (χ2n) is 16.4. The van der Waals surface area contributed by atoms with Gasteiger partial charge in [0.1, 0.15) is 0 Å². The Labute approximate surface area is 370 Å². The van der Waals surface area contributed by atoms with Crippen LogP contribution in [0.25, 0.3) is 116 Å². The molecule has 0 atom stereocenters. The largest absolute Gasteiger partial charge is 0.208 e. The van der Waals surface area contributed by atoms with Crippen molar-refractivity contribution in [2.45, 2.75) is 12.8 Å². The van der Waals surface area contributed by atoms with E-state index in [0.29, 0.717) is 17.5 Å². The number of hydrogen-bond donors (Lipinski definition) is 0. The summed E-state index contributed by atoms with van der Waals surface area (Å²) in [5.41, 5.74) is 14.8. The molecule has 0 bridgehead atoms. The van der Waals surface area contributed by atoms with Crippen molar-refractivity contribution in [3.05, 3.63) is 217 Å². The van der Waals surface area contributed by atoms with E-state index < -0.39 is 0 Å². The third-order valence-electron chi connectivity index (χ3n) is 12.4. The fraction of sp³-hybridized carbons (Fsp3) is 0.0339. The lowest BCUT2D eigenvalue weighted by Crippen LogP contribution is -2.00. The number of allylic oxidation sites excluding steroid dienone is 1. The first-order chi connectivity index (χ1) is 31.1. The molecule has 4 heteroatoms. The highest BCUT2D eigenvalue weighted by atomic mass is 32.1. The average molecular weight is 822 g/mol. The van der Waals surface area contributed by atoms with Crippen LogP contribution in [-0.2, 0) is 6.42 Å². The summed E-state index contributed by atoms with van der Waals surface area (Å²) in [6, 6.07) is 72.1. The van der Waals surface area contributed by atoms with Gasteiger partial charge in [-0.1, -0.05) is 158 Å². The molecule has 296 valence electrons. The monoisotopic (exact) mass is 821 g/mol. The number of aromatic nitrogens is 3.